The van der Waals surface area contributed by atoms with Gasteiger partial charge in [0.05, 0.1) is 10.7 Å². The highest BCUT2D eigenvalue weighted by molar-refractivity contribution is 14.1. The molecular weight excluding hydrogens is 409 g/mol. The first-order chi connectivity index (χ1) is 11.0. The standard InChI is InChI=1S/C16H12IN3O3/c1-9-5-11(12(8-19)16(21)20-9)10-6-13(17)15(23-4-3-18)14(7-10)22-2/h5-7H,4H2,1-2H3,(H,20,21). The van der Waals surface area contributed by atoms with Crippen LogP contribution in [0.3, 0.4) is 0 Å². The van der Waals surface area contributed by atoms with E-state index in [0.29, 0.717) is 31.9 Å². The van der Waals surface area contributed by atoms with Crippen LogP contribution >= 0.6 is 22.6 Å². The van der Waals surface area contributed by atoms with Gasteiger partial charge in [-0.1, -0.05) is 0 Å². The first kappa shape index (κ1) is 16.8. The maximum Gasteiger partial charge on any atom is 0.266 e. The minimum atomic E-state index is -0.429. The fraction of sp³-hybridized carbons (Fsp3) is 0.188. The van der Waals surface area contributed by atoms with Gasteiger partial charge in [-0.2, -0.15) is 10.5 Å². The Hall–Kier alpha value is -2.52. The summed E-state index contributed by atoms with van der Waals surface area (Å²) in [5.41, 5.74) is 1.46. The Balaban J connectivity index is 2.68. The number of rotatable bonds is 4. The van der Waals surface area contributed by atoms with E-state index in [2.05, 4.69) is 27.6 Å². The van der Waals surface area contributed by atoms with Crippen molar-refractivity contribution in [2.24, 2.45) is 0 Å². The van der Waals surface area contributed by atoms with Crippen molar-refractivity contribution in [3.05, 3.63) is 43.4 Å². The summed E-state index contributed by atoms with van der Waals surface area (Å²) in [5.74, 6) is 0.891. The van der Waals surface area contributed by atoms with E-state index in [1.807, 2.05) is 12.1 Å². The summed E-state index contributed by atoms with van der Waals surface area (Å²) in [7, 11) is 1.49. The first-order valence-electron chi connectivity index (χ1n) is 6.53. The number of hydrogen-bond donors (Lipinski definition) is 1. The Morgan fingerprint density at radius 3 is 2.65 bits per heavy atom. The van der Waals surface area contributed by atoms with E-state index in [0.717, 1.165) is 0 Å². The van der Waals surface area contributed by atoms with E-state index < -0.39 is 5.56 Å². The summed E-state index contributed by atoms with van der Waals surface area (Å²) in [5, 5.41) is 17.9. The van der Waals surface area contributed by atoms with Crippen LogP contribution in [-0.4, -0.2) is 18.7 Å². The largest absolute Gasteiger partial charge is 0.493 e. The van der Waals surface area contributed by atoms with Gasteiger partial charge in [0.15, 0.2) is 18.1 Å². The number of H-pyrrole nitrogens is 1. The van der Waals surface area contributed by atoms with Gasteiger partial charge >= 0.3 is 0 Å². The van der Waals surface area contributed by atoms with Crippen LogP contribution in [0.15, 0.2) is 23.0 Å². The van der Waals surface area contributed by atoms with Crippen molar-refractivity contribution in [3.8, 4) is 34.8 Å². The van der Waals surface area contributed by atoms with Gasteiger partial charge in [0.1, 0.15) is 17.7 Å². The van der Waals surface area contributed by atoms with Crippen LogP contribution in [0.4, 0.5) is 0 Å². The topological polar surface area (TPSA) is 98.9 Å². The molecule has 2 aromatic rings. The second-order valence-electron chi connectivity index (χ2n) is 4.62. The molecule has 7 heteroatoms. The molecule has 0 radical (unpaired) electrons. The van der Waals surface area contributed by atoms with Crippen LogP contribution in [0.1, 0.15) is 11.3 Å². The molecule has 2 rings (SSSR count). The van der Waals surface area contributed by atoms with Gasteiger partial charge in [-0.05, 0) is 53.3 Å². The number of benzene rings is 1. The predicted molar refractivity (Wildman–Crippen MR) is 92.3 cm³/mol. The maximum atomic E-state index is 11.9. The van der Waals surface area contributed by atoms with Crippen LogP contribution in [-0.2, 0) is 0 Å². The van der Waals surface area contributed by atoms with Crippen LogP contribution in [0.2, 0.25) is 0 Å². The molecule has 0 amide bonds. The highest BCUT2D eigenvalue weighted by Gasteiger charge is 2.16. The third-order valence-electron chi connectivity index (χ3n) is 3.10. The number of ether oxygens (including phenoxy) is 2. The van der Waals surface area contributed by atoms with Gasteiger partial charge in [0, 0.05) is 11.3 Å². The van der Waals surface area contributed by atoms with Gasteiger partial charge in [-0.25, -0.2) is 0 Å². The van der Waals surface area contributed by atoms with E-state index in [1.54, 1.807) is 25.1 Å². The Bertz CT molecular complexity index is 891. The van der Waals surface area contributed by atoms with Crippen molar-refractivity contribution >= 4 is 22.6 Å². The average molecular weight is 421 g/mol. The molecule has 1 N–H and O–H groups in total. The Morgan fingerprint density at radius 1 is 1.30 bits per heavy atom. The number of hydrogen-bond acceptors (Lipinski definition) is 5. The van der Waals surface area contributed by atoms with Crippen LogP contribution in [0, 0.1) is 33.2 Å². The molecule has 0 saturated heterocycles. The minimum absolute atomic E-state index is 0.0409. The predicted octanol–water partition coefficient (Wildman–Crippen LogP) is 2.74. The zero-order valence-corrected chi connectivity index (χ0v) is 14.6. The number of nitrogens with one attached hydrogen (secondary N) is 1. The fourth-order valence-electron chi connectivity index (χ4n) is 2.15. The van der Waals surface area contributed by atoms with E-state index >= 15 is 0 Å². The molecule has 0 bridgehead atoms. The molecule has 0 unspecified atom stereocenters. The molecule has 1 heterocycles. The SMILES string of the molecule is COc1cc(-c2cc(C)[nH]c(=O)c2C#N)cc(I)c1OCC#N. The van der Waals surface area contributed by atoms with Gasteiger partial charge < -0.3 is 14.5 Å². The molecule has 0 aliphatic heterocycles. The molecule has 1 aromatic carbocycles. The normalized spacial score (nSPS) is 9.78. The molecule has 0 atom stereocenters. The Labute approximate surface area is 146 Å². The maximum absolute atomic E-state index is 11.9. The zero-order chi connectivity index (χ0) is 17.0. The molecule has 0 fully saturated rings. The number of nitriles is 2. The van der Waals surface area contributed by atoms with Crippen molar-refractivity contribution in [1.29, 1.82) is 10.5 Å². The quantitative estimate of drug-likeness (QED) is 0.766. The van der Waals surface area contributed by atoms with Gasteiger partial charge in [0.25, 0.3) is 5.56 Å². The second kappa shape index (κ2) is 7.16. The molecular formula is C16H12IN3O3. The summed E-state index contributed by atoms with van der Waals surface area (Å²) in [6.45, 7) is 1.65. The lowest BCUT2D eigenvalue weighted by Crippen LogP contribution is -2.12. The smallest absolute Gasteiger partial charge is 0.266 e. The fourth-order valence-corrected chi connectivity index (χ4v) is 2.90. The van der Waals surface area contributed by atoms with E-state index in [-0.39, 0.29) is 12.2 Å². The minimum Gasteiger partial charge on any atom is -0.493 e. The van der Waals surface area contributed by atoms with Crippen molar-refractivity contribution < 1.29 is 9.47 Å². The second-order valence-corrected chi connectivity index (χ2v) is 5.78. The third kappa shape index (κ3) is 3.46. The highest BCUT2D eigenvalue weighted by Crippen LogP contribution is 2.37. The van der Waals surface area contributed by atoms with Crippen molar-refractivity contribution in [1.82, 2.24) is 4.98 Å². The number of aromatic nitrogens is 1. The molecule has 116 valence electrons. The number of methoxy groups -OCH3 is 1. The van der Waals surface area contributed by atoms with Gasteiger partial charge in [-0.3, -0.25) is 4.79 Å². The van der Waals surface area contributed by atoms with Crippen molar-refractivity contribution in [2.45, 2.75) is 6.92 Å². The lowest BCUT2D eigenvalue weighted by Gasteiger charge is -2.13. The summed E-state index contributed by atoms with van der Waals surface area (Å²) in [6.07, 6.45) is 0. The summed E-state index contributed by atoms with van der Waals surface area (Å²) >= 11 is 2.06. The highest BCUT2D eigenvalue weighted by atomic mass is 127. The Morgan fingerprint density at radius 2 is 2.04 bits per heavy atom. The third-order valence-corrected chi connectivity index (χ3v) is 3.90. The zero-order valence-electron chi connectivity index (χ0n) is 12.4. The average Bonchev–Trinajstić information content (AvgIpc) is 2.52. The van der Waals surface area contributed by atoms with Gasteiger partial charge in [-0.15, -0.1) is 0 Å². The molecule has 23 heavy (non-hydrogen) atoms. The molecule has 1 aromatic heterocycles. The molecule has 0 saturated carbocycles. The van der Waals surface area contributed by atoms with Crippen LogP contribution < -0.4 is 15.0 Å². The van der Waals surface area contributed by atoms with Crippen molar-refractivity contribution in [2.75, 3.05) is 13.7 Å². The number of pyridine rings is 1. The summed E-state index contributed by atoms with van der Waals surface area (Å²) < 4.78 is 11.4. The molecule has 0 aliphatic rings. The van der Waals surface area contributed by atoms with Crippen molar-refractivity contribution in [3.63, 3.8) is 0 Å². The number of halogens is 1. The van der Waals surface area contributed by atoms with Gasteiger partial charge in [0.2, 0.25) is 0 Å². The lowest BCUT2D eigenvalue weighted by molar-refractivity contribution is 0.327. The van der Waals surface area contributed by atoms with Crippen LogP contribution in [0.5, 0.6) is 11.5 Å². The Kier molecular flexibility index (Phi) is 5.24. The van der Waals surface area contributed by atoms with E-state index in [1.165, 1.54) is 7.11 Å². The van der Waals surface area contributed by atoms with E-state index in [4.69, 9.17) is 14.7 Å². The monoisotopic (exact) mass is 421 g/mol. The number of nitrogens with zero attached hydrogens (tertiary/aromatic N) is 2. The van der Waals surface area contributed by atoms with Crippen LogP contribution in [0.25, 0.3) is 11.1 Å². The number of aryl methyl sites for hydroxylation is 1. The number of aromatic amines is 1. The summed E-state index contributed by atoms with van der Waals surface area (Å²) in [4.78, 5) is 14.6. The molecule has 6 nitrogen and oxygen atoms in total. The van der Waals surface area contributed by atoms with E-state index in [9.17, 15) is 10.1 Å². The summed E-state index contributed by atoms with van der Waals surface area (Å²) in [6, 6.07) is 9.04. The first-order valence-corrected chi connectivity index (χ1v) is 7.61. The molecule has 0 aliphatic carbocycles. The lowest BCUT2D eigenvalue weighted by atomic mass is 10.0. The molecule has 0 spiro atoms.